The molecule has 1 aliphatic carbocycles. The zero-order valence-electron chi connectivity index (χ0n) is 10.7. The monoisotopic (exact) mass is 397 g/mol. The Morgan fingerprint density at radius 2 is 1.70 bits per heavy atom. The molecule has 1 aliphatic rings. The molecular formula is C16H14Br2FN. The van der Waals surface area contributed by atoms with Crippen LogP contribution in [0.1, 0.15) is 24.3 Å². The van der Waals surface area contributed by atoms with E-state index in [0.717, 1.165) is 27.5 Å². The lowest BCUT2D eigenvalue weighted by Crippen LogP contribution is -2.34. The van der Waals surface area contributed by atoms with Crippen LogP contribution in [0.15, 0.2) is 51.4 Å². The van der Waals surface area contributed by atoms with E-state index in [0.29, 0.717) is 12.0 Å². The molecular weight excluding hydrogens is 385 g/mol. The summed E-state index contributed by atoms with van der Waals surface area (Å²) in [7, 11) is 0. The van der Waals surface area contributed by atoms with Crippen LogP contribution in [0.4, 0.5) is 10.1 Å². The van der Waals surface area contributed by atoms with Crippen LogP contribution in [0.3, 0.4) is 0 Å². The highest BCUT2D eigenvalue weighted by molar-refractivity contribution is 9.10. The van der Waals surface area contributed by atoms with Gasteiger partial charge in [-0.3, -0.25) is 0 Å². The third-order valence-electron chi connectivity index (χ3n) is 3.77. The smallest absolute Gasteiger partial charge is 0.125 e. The average molecular weight is 399 g/mol. The van der Waals surface area contributed by atoms with E-state index in [1.807, 2.05) is 0 Å². The van der Waals surface area contributed by atoms with E-state index in [2.05, 4.69) is 61.4 Å². The predicted octanol–water partition coefficient (Wildman–Crippen LogP) is 5.71. The quantitative estimate of drug-likeness (QED) is 0.698. The minimum atomic E-state index is -0.209. The summed E-state index contributed by atoms with van der Waals surface area (Å²) >= 11 is 6.90. The van der Waals surface area contributed by atoms with Gasteiger partial charge in [-0.1, -0.05) is 28.1 Å². The van der Waals surface area contributed by atoms with Crippen LogP contribution in [0.2, 0.25) is 0 Å². The molecule has 1 N–H and O–H groups in total. The Kier molecular flexibility index (Phi) is 4.13. The second kappa shape index (κ2) is 5.86. The van der Waals surface area contributed by atoms with Crippen molar-refractivity contribution in [2.24, 2.45) is 0 Å². The minimum Gasteiger partial charge on any atom is -0.381 e. The normalized spacial score (nSPS) is 21.4. The van der Waals surface area contributed by atoms with E-state index in [-0.39, 0.29) is 5.82 Å². The van der Waals surface area contributed by atoms with Gasteiger partial charge in [-0.25, -0.2) is 4.39 Å². The van der Waals surface area contributed by atoms with Crippen LogP contribution in [0.5, 0.6) is 0 Å². The van der Waals surface area contributed by atoms with Crippen LogP contribution in [0, 0.1) is 5.82 Å². The molecule has 1 fully saturated rings. The molecule has 0 atom stereocenters. The van der Waals surface area contributed by atoms with Gasteiger partial charge in [0.1, 0.15) is 5.82 Å². The summed E-state index contributed by atoms with van der Waals surface area (Å²) < 4.78 is 15.3. The van der Waals surface area contributed by atoms with Crippen LogP contribution < -0.4 is 5.32 Å². The molecule has 0 saturated heterocycles. The molecule has 0 unspecified atom stereocenters. The summed E-state index contributed by atoms with van der Waals surface area (Å²) in [5.41, 5.74) is 2.22. The van der Waals surface area contributed by atoms with Gasteiger partial charge in [0.05, 0.1) is 5.69 Å². The van der Waals surface area contributed by atoms with Crippen molar-refractivity contribution in [3.8, 4) is 0 Å². The molecule has 20 heavy (non-hydrogen) atoms. The highest BCUT2D eigenvalue weighted by Gasteiger charge is 2.30. The van der Waals surface area contributed by atoms with Gasteiger partial charge in [0.25, 0.3) is 0 Å². The Hall–Kier alpha value is -0.870. The maximum atomic E-state index is 13.2. The fraction of sp³-hybridized carbons (Fsp3) is 0.250. The van der Waals surface area contributed by atoms with Gasteiger partial charge in [-0.05, 0) is 70.6 Å². The van der Waals surface area contributed by atoms with E-state index in [1.165, 1.54) is 17.7 Å². The summed E-state index contributed by atoms with van der Waals surface area (Å²) in [6.45, 7) is 0. The minimum absolute atomic E-state index is 0.209. The highest BCUT2D eigenvalue weighted by Crippen LogP contribution is 2.39. The maximum absolute atomic E-state index is 13.2. The Morgan fingerprint density at radius 3 is 2.40 bits per heavy atom. The largest absolute Gasteiger partial charge is 0.381 e. The number of hydrogen-bond donors (Lipinski definition) is 1. The van der Waals surface area contributed by atoms with Crippen molar-refractivity contribution in [2.75, 3.05) is 5.32 Å². The SMILES string of the molecule is Fc1ccc(Br)c(NC2CC(c3ccc(Br)cc3)C2)c1. The van der Waals surface area contributed by atoms with Crippen molar-refractivity contribution in [3.63, 3.8) is 0 Å². The van der Waals surface area contributed by atoms with Gasteiger partial charge < -0.3 is 5.32 Å². The Bertz CT molecular complexity index is 606. The van der Waals surface area contributed by atoms with Gasteiger partial charge in [0.2, 0.25) is 0 Å². The molecule has 1 nitrogen and oxygen atoms in total. The number of rotatable bonds is 3. The van der Waals surface area contributed by atoms with Crippen molar-refractivity contribution in [1.82, 2.24) is 0 Å². The Balaban J connectivity index is 1.60. The van der Waals surface area contributed by atoms with Gasteiger partial charge in [0, 0.05) is 15.0 Å². The van der Waals surface area contributed by atoms with E-state index in [1.54, 1.807) is 6.07 Å². The number of benzene rings is 2. The summed E-state index contributed by atoms with van der Waals surface area (Å²) in [6, 6.07) is 13.7. The molecule has 1 saturated carbocycles. The number of hydrogen-bond acceptors (Lipinski definition) is 1. The standard InChI is InChI=1S/C16H14Br2FN/c17-12-3-1-10(2-4-12)11-7-14(8-11)20-16-9-13(19)5-6-15(16)18/h1-6,9,11,14,20H,7-8H2. The molecule has 0 heterocycles. The third-order valence-corrected chi connectivity index (χ3v) is 4.99. The highest BCUT2D eigenvalue weighted by atomic mass is 79.9. The predicted molar refractivity (Wildman–Crippen MR) is 87.6 cm³/mol. The van der Waals surface area contributed by atoms with Crippen molar-refractivity contribution >= 4 is 37.5 Å². The Labute approximate surface area is 134 Å². The second-order valence-electron chi connectivity index (χ2n) is 5.19. The molecule has 0 bridgehead atoms. The number of halogens is 3. The zero-order chi connectivity index (χ0) is 14.1. The fourth-order valence-corrected chi connectivity index (χ4v) is 3.20. The lowest BCUT2D eigenvalue weighted by molar-refractivity contribution is 0.374. The van der Waals surface area contributed by atoms with Crippen LogP contribution in [-0.4, -0.2) is 6.04 Å². The van der Waals surface area contributed by atoms with Crippen molar-refractivity contribution in [3.05, 3.63) is 62.8 Å². The maximum Gasteiger partial charge on any atom is 0.125 e. The van der Waals surface area contributed by atoms with Crippen molar-refractivity contribution in [2.45, 2.75) is 24.8 Å². The van der Waals surface area contributed by atoms with Gasteiger partial charge in [-0.2, -0.15) is 0 Å². The van der Waals surface area contributed by atoms with Crippen LogP contribution in [0.25, 0.3) is 0 Å². The first-order valence-electron chi connectivity index (χ1n) is 6.59. The Morgan fingerprint density at radius 1 is 1.00 bits per heavy atom. The third kappa shape index (κ3) is 3.07. The molecule has 104 valence electrons. The van der Waals surface area contributed by atoms with E-state index in [4.69, 9.17) is 0 Å². The second-order valence-corrected chi connectivity index (χ2v) is 6.96. The molecule has 0 aromatic heterocycles. The number of nitrogens with one attached hydrogen (secondary N) is 1. The first-order valence-corrected chi connectivity index (χ1v) is 8.17. The summed E-state index contributed by atoms with van der Waals surface area (Å²) in [4.78, 5) is 0. The fourth-order valence-electron chi connectivity index (χ4n) is 2.57. The molecule has 4 heteroatoms. The molecule has 2 aromatic carbocycles. The summed E-state index contributed by atoms with van der Waals surface area (Å²) in [5.74, 6) is 0.396. The van der Waals surface area contributed by atoms with Crippen LogP contribution in [-0.2, 0) is 0 Å². The summed E-state index contributed by atoms with van der Waals surface area (Å²) in [5, 5.41) is 3.40. The number of anilines is 1. The lowest BCUT2D eigenvalue weighted by Gasteiger charge is -2.37. The van der Waals surface area contributed by atoms with Gasteiger partial charge in [0.15, 0.2) is 0 Å². The molecule has 0 radical (unpaired) electrons. The van der Waals surface area contributed by atoms with Crippen molar-refractivity contribution < 1.29 is 4.39 Å². The molecule has 0 spiro atoms. The van der Waals surface area contributed by atoms with E-state index >= 15 is 0 Å². The first-order chi connectivity index (χ1) is 9.61. The van der Waals surface area contributed by atoms with Crippen LogP contribution >= 0.6 is 31.9 Å². The molecule has 0 amide bonds. The lowest BCUT2D eigenvalue weighted by atomic mass is 9.76. The van der Waals surface area contributed by atoms with E-state index < -0.39 is 0 Å². The van der Waals surface area contributed by atoms with Crippen molar-refractivity contribution in [1.29, 1.82) is 0 Å². The van der Waals surface area contributed by atoms with E-state index in [9.17, 15) is 4.39 Å². The first kappa shape index (κ1) is 14.1. The van der Waals surface area contributed by atoms with Gasteiger partial charge >= 0.3 is 0 Å². The average Bonchev–Trinajstić information content (AvgIpc) is 2.39. The van der Waals surface area contributed by atoms with Gasteiger partial charge in [-0.15, -0.1) is 0 Å². The molecule has 0 aliphatic heterocycles. The topological polar surface area (TPSA) is 12.0 Å². The zero-order valence-corrected chi connectivity index (χ0v) is 13.9. The molecule has 2 aromatic rings. The molecule has 3 rings (SSSR count). The summed E-state index contributed by atoms with van der Waals surface area (Å²) in [6.07, 6.45) is 2.18.